The molecule has 2 N–H and O–H groups in total. The van der Waals surface area contributed by atoms with E-state index in [1.807, 2.05) is 37.3 Å². The van der Waals surface area contributed by atoms with Gasteiger partial charge in [0.1, 0.15) is 0 Å². The minimum absolute atomic E-state index is 0.110. The summed E-state index contributed by atoms with van der Waals surface area (Å²) in [5.41, 5.74) is 3.21. The van der Waals surface area contributed by atoms with E-state index in [9.17, 15) is 13.2 Å². The summed E-state index contributed by atoms with van der Waals surface area (Å²) in [7, 11) is -3.70. The minimum atomic E-state index is -3.70. The molecule has 0 aliphatic heterocycles. The lowest BCUT2D eigenvalue weighted by molar-refractivity contribution is 0.0953. The Labute approximate surface area is 171 Å². The minimum Gasteiger partial charge on any atom is -0.352 e. The summed E-state index contributed by atoms with van der Waals surface area (Å²) in [6, 6.07) is 23.1. The predicted molar refractivity (Wildman–Crippen MR) is 116 cm³/mol. The van der Waals surface area contributed by atoms with Crippen molar-refractivity contribution in [3.8, 4) is 0 Å². The van der Waals surface area contributed by atoms with Gasteiger partial charge in [0.25, 0.3) is 15.9 Å². The molecule has 29 heavy (non-hydrogen) atoms. The molecule has 3 rings (SSSR count). The third-order valence-electron chi connectivity index (χ3n) is 4.50. The van der Waals surface area contributed by atoms with E-state index in [1.165, 1.54) is 29.8 Å². The first kappa shape index (κ1) is 20.6. The summed E-state index contributed by atoms with van der Waals surface area (Å²) in [6.45, 7) is 2.49. The van der Waals surface area contributed by atoms with E-state index in [0.717, 1.165) is 18.4 Å². The van der Waals surface area contributed by atoms with Gasteiger partial charge in [-0.05, 0) is 61.7 Å². The third-order valence-corrected chi connectivity index (χ3v) is 5.90. The molecule has 0 spiro atoms. The van der Waals surface area contributed by atoms with Gasteiger partial charge in [0, 0.05) is 17.8 Å². The molecule has 150 valence electrons. The molecule has 0 radical (unpaired) electrons. The number of aryl methyl sites for hydroxylation is 2. The highest BCUT2D eigenvalue weighted by atomic mass is 32.2. The number of carbonyl (C=O) groups is 1. The van der Waals surface area contributed by atoms with Crippen LogP contribution in [0.25, 0.3) is 0 Å². The number of nitrogens with one attached hydrogen (secondary N) is 2. The summed E-state index contributed by atoms with van der Waals surface area (Å²) in [5.74, 6) is -0.214. The fourth-order valence-electron chi connectivity index (χ4n) is 2.86. The maximum atomic E-state index is 12.5. The number of hydrogen-bond donors (Lipinski definition) is 2. The van der Waals surface area contributed by atoms with Gasteiger partial charge in [0.05, 0.1) is 4.90 Å². The number of hydrogen-bond acceptors (Lipinski definition) is 3. The largest absolute Gasteiger partial charge is 0.352 e. The van der Waals surface area contributed by atoms with E-state index in [-0.39, 0.29) is 10.8 Å². The predicted octanol–water partition coefficient (Wildman–Crippen LogP) is 4.16. The van der Waals surface area contributed by atoms with Crippen LogP contribution in [0.1, 0.15) is 27.9 Å². The molecule has 0 aliphatic rings. The quantitative estimate of drug-likeness (QED) is 0.550. The zero-order chi connectivity index (χ0) is 20.7. The van der Waals surface area contributed by atoms with Crippen molar-refractivity contribution in [1.29, 1.82) is 0 Å². The molecule has 0 unspecified atom stereocenters. The van der Waals surface area contributed by atoms with Crippen LogP contribution in [0, 0.1) is 6.92 Å². The molecule has 3 aromatic rings. The Bertz CT molecular complexity index is 1050. The summed E-state index contributed by atoms with van der Waals surface area (Å²) >= 11 is 0. The average Bonchev–Trinajstić information content (AvgIpc) is 2.73. The summed E-state index contributed by atoms with van der Waals surface area (Å²) in [4.78, 5) is 12.4. The van der Waals surface area contributed by atoms with Crippen molar-refractivity contribution >= 4 is 21.6 Å². The Morgan fingerprint density at radius 3 is 2.17 bits per heavy atom. The molecule has 0 aromatic heterocycles. The maximum Gasteiger partial charge on any atom is 0.261 e. The molecule has 0 saturated carbocycles. The van der Waals surface area contributed by atoms with Gasteiger partial charge in [-0.3, -0.25) is 9.52 Å². The van der Waals surface area contributed by atoms with Crippen LogP contribution in [-0.2, 0) is 16.4 Å². The van der Waals surface area contributed by atoms with Gasteiger partial charge in [-0.1, -0.05) is 48.0 Å². The Balaban J connectivity index is 1.54. The molecule has 6 heteroatoms. The molecule has 5 nitrogen and oxygen atoms in total. The van der Waals surface area contributed by atoms with E-state index in [1.54, 1.807) is 12.1 Å². The van der Waals surface area contributed by atoms with Crippen LogP contribution in [0.15, 0.2) is 83.8 Å². The standard InChI is InChI=1S/C23H24N2O3S/c1-18-9-13-21(14-10-18)25-29(27,28)22-15-11-20(12-16-22)23(26)24-17-5-8-19-6-3-2-4-7-19/h2-4,6-7,9-16,25H,5,8,17H2,1H3,(H,24,26). The van der Waals surface area contributed by atoms with E-state index in [0.29, 0.717) is 17.8 Å². The van der Waals surface area contributed by atoms with E-state index >= 15 is 0 Å². The first-order valence-corrected chi connectivity index (χ1v) is 10.9. The molecular weight excluding hydrogens is 384 g/mol. The van der Waals surface area contributed by atoms with Gasteiger partial charge < -0.3 is 5.32 Å². The molecule has 0 atom stereocenters. The highest BCUT2D eigenvalue weighted by molar-refractivity contribution is 7.92. The van der Waals surface area contributed by atoms with Crippen LogP contribution in [0.4, 0.5) is 5.69 Å². The van der Waals surface area contributed by atoms with Crippen LogP contribution in [0.2, 0.25) is 0 Å². The number of rotatable bonds is 8. The number of amides is 1. The summed E-state index contributed by atoms with van der Waals surface area (Å²) in [6.07, 6.45) is 1.73. The van der Waals surface area contributed by atoms with Gasteiger partial charge in [-0.25, -0.2) is 8.42 Å². The monoisotopic (exact) mass is 408 g/mol. The third kappa shape index (κ3) is 5.93. The Morgan fingerprint density at radius 1 is 0.862 bits per heavy atom. The molecule has 0 heterocycles. The van der Waals surface area contributed by atoms with Gasteiger partial charge in [-0.15, -0.1) is 0 Å². The molecule has 3 aromatic carbocycles. The highest BCUT2D eigenvalue weighted by Gasteiger charge is 2.15. The topological polar surface area (TPSA) is 75.3 Å². The zero-order valence-electron chi connectivity index (χ0n) is 16.3. The van der Waals surface area contributed by atoms with Crippen molar-refractivity contribution in [2.24, 2.45) is 0 Å². The number of sulfonamides is 1. The summed E-state index contributed by atoms with van der Waals surface area (Å²) < 4.78 is 27.5. The maximum absolute atomic E-state index is 12.5. The second-order valence-corrected chi connectivity index (χ2v) is 8.52. The van der Waals surface area contributed by atoms with Gasteiger partial charge >= 0.3 is 0 Å². The second kappa shape index (κ2) is 9.39. The Kier molecular flexibility index (Phi) is 6.67. The molecule has 1 amide bonds. The fraction of sp³-hybridized carbons (Fsp3) is 0.174. The van der Waals surface area contributed by atoms with Crippen molar-refractivity contribution in [3.05, 3.63) is 95.6 Å². The van der Waals surface area contributed by atoms with Crippen LogP contribution >= 0.6 is 0 Å². The SMILES string of the molecule is Cc1ccc(NS(=O)(=O)c2ccc(C(=O)NCCCc3ccccc3)cc2)cc1. The molecular formula is C23H24N2O3S. The molecule has 0 fully saturated rings. The summed E-state index contributed by atoms with van der Waals surface area (Å²) in [5, 5.41) is 2.87. The average molecular weight is 409 g/mol. The Hall–Kier alpha value is -3.12. The highest BCUT2D eigenvalue weighted by Crippen LogP contribution is 2.17. The van der Waals surface area contributed by atoms with Gasteiger partial charge in [-0.2, -0.15) is 0 Å². The first-order chi connectivity index (χ1) is 13.9. The number of carbonyl (C=O) groups excluding carboxylic acids is 1. The lowest BCUT2D eigenvalue weighted by Crippen LogP contribution is -2.24. The van der Waals surface area contributed by atoms with Crippen molar-refractivity contribution in [2.45, 2.75) is 24.7 Å². The smallest absolute Gasteiger partial charge is 0.261 e. The lowest BCUT2D eigenvalue weighted by Gasteiger charge is -2.09. The molecule has 0 saturated heterocycles. The first-order valence-electron chi connectivity index (χ1n) is 9.46. The lowest BCUT2D eigenvalue weighted by atomic mass is 10.1. The van der Waals surface area contributed by atoms with Crippen LogP contribution in [-0.4, -0.2) is 20.9 Å². The van der Waals surface area contributed by atoms with Crippen molar-refractivity contribution < 1.29 is 13.2 Å². The van der Waals surface area contributed by atoms with Gasteiger partial charge in [0.2, 0.25) is 0 Å². The second-order valence-electron chi connectivity index (χ2n) is 6.84. The van der Waals surface area contributed by atoms with Crippen LogP contribution < -0.4 is 10.0 Å². The number of benzene rings is 3. The zero-order valence-corrected chi connectivity index (χ0v) is 17.1. The molecule has 0 aliphatic carbocycles. The van der Waals surface area contributed by atoms with Crippen molar-refractivity contribution in [3.63, 3.8) is 0 Å². The van der Waals surface area contributed by atoms with E-state index in [4.69, 9.17) is 0 Å². The van der Waals surface area contributed by atoms with Crippen LogP contribution in [0.5, 0.6) is 0 Å². The Morgan fingerprint density at radius 2 is 1.52 bits per heavy atom. The van der Waals surface area contributed by atoms with Gasteiger partial charge in [0.15, 0.2) is 0 Å². The van der Waals surface area contributed by atoms with E-state index in [2.05, 4.69) is 22.2 Å². The van der Waals surface area contributed by atoms with Crippen molar-refractivity contribution in [1.82, 2.24) is 5.32 Å². The number of anilines is 1. The van der Waals surface area contributed by atoms with Crippen molar-refractivity contribution in [2.75, 3.05) is 11.3 Å². The van der Waals surface area contributed by atoms with Crippen LogP contribution in [0.3, 0.4) is 0 Å². The van der Waals surface area contributed by atoms with E-state index < -0.39 is 10.0 Å². The molecule has 0 bridgehead atoms. The normalized spacial score (nSPS) is 11.1. The fourth-order valence-corrected chi connectivity index (χ4v) is 3.92.